The van der Waals surface area contributed by atoms with Crippen LogP contribution in [0.1, 0.15) is 55.2 Å². The van der Waals surface area contributed by atoms with E-state index in [9.17, 15) is 14.4 Å². The van der Waals surface area contributed by atoms with Gasteiger partial charge in [0.1, 0.15) is 11.1 Å². The highest BCUT2D eigenvalue weighted by molar-refractivity contribution is 5.97. The molecule has 0 aliphatic heterocycles. The van der Waals surface area contributed by atoms with Crippen molar-refractivity contribution in [1.82, 2.24) is 9.88 Å². The molecule has 1 N–H and O–H groups in total. The van der Waals surface area contributed by atoms with Crippen LogP contribution in [0.4, 0.5) is 0 Å². The molecule has 6 heteroatoms. The number of carbonyl (C=O) groups excluding carboxylic acids is 2. The van der Waals surface area contributed by atoms with Crippen LogP contribution in [-0.2, 0) is 16.1 Å². The first-order valence-corrected chi connectivity index (χ1v) is 7.77. The Balaban J connectivity index is 3.23. The number of hydrogen-bond acceptors (Lipinski definition) is 4. The van der Waals surface area contributed by atoms with Gasteiger partial charge in [0.2, 0.25) is 0 Å². The predicted octanol–water partition coefficient (Wildman–Crippen LogP) is 1.95. The Labute approximate surface area is 136 Å². The van der Waals surface area contributed by atoms with Crippen molar-refractivity contribution in [2.24, 2.45) is 0 Å². The van der Waals surface area contributed by atoms with E-state index in [1.165, 1.54) is 21.0 Å². The van der Waals surface area contributed by atoms with Crippen molar-refractivity contribution >= 4 is 11.9 Å². The molecule has 1 aromatic heterocycles. The molecule has 0 unspecified atom stereocenters. The quantitative estimate of drug-likeness (QED) is 0.812. The van der Waals surface area contributed by atoms with E-state index < -0.39 is 17.4 Å². The Morgan fingerprint density at radius 3 is 2.43 bits per heavy atom. The van der Waals surface area contributed by atoms with Gasteiger partial charge in [-0.15, -0.1) is 0 Å². The highest BCUT2D eigenvalue weighted by atomic mass is 16.5. The fourth-order valence-electron chi connectivity index (χ4n) is 2.30. The van der Waals surface area contributed by atoms with Crippen LogP contribution in [0.2, 0.25) is 0 Å². The molecule has 0 bridgehead atoms. The highest BCUT2D eigenvalue weighted by Gasteiger charge is 2.31. The molecule has 0 aliphatic carbocycles. The second-order valence-electron chi connectivity index (χ2n) is 6.21. The number of aryl methyl sites for hydroxylation is 1. The summed E-state index contributed by atoms with van der Waals surface area (Å²) in [5, 5.41) is 2.57. The average Bonchev–Trinajstić information content (AvgIpc) is 2.49. The smallest absolute Gasteiger partial charge is 0.330 e. The third kappa shape index (κ3) is 4.21. The van der Waals surface area contributed by atoms with Crippen LogP contribution in [0.25, 0.3) is 0 Å². The van der Waals surface area contributed by atoms with Gasteiger partial charge >= 0.3 is 5.97 Å². The van der Waals surface area contributed by atoms with Crippen molar-refractivity contribution in [3.05, 3.63) is 33.2 Å². The summed E-state index contributed by atoms with van der Waals surface area (Å²) >= 11 is 0. The number of amides is 1. The zero-order chi connectivity index (χ0) is 17.8. The number of methoxy groups -OCH3 is 1. The predicted molar refractivity (Wildman–Crippen MR) is 88.6 cm³/mol. The van der Waals surface area contributed by atoms with Crippen LogP contribution < -0.4 is 10.9 Å². The summed E-state index contributed by atoms with van der Waals surface area (Å²) < 4.78 is 6.29. The van der Waals surface area contributed by atoms with Crippen LogP contribution in [0.15, 0.2) is 10.9 Å². The maximum atomic E-state index is 12.6. The number of aromatic nitrogens is 1. The average molecular weight is 322 g/mol. The largest absolute Gasteiger partial charge is 0.467 e. The lowest BCUT2D eigenvalue weighted by atomic mass is 10.0. The number of carbonyl (C=O) groups is 2. The minimum absolute atomic E-state index is 0.0428. The second kappa shape index (κ2) is 7.44. The van der Waals surface area contributed by atoms with Gasteiger partial charge in [-0.2, -0.15) is 0 Å². The van der Waals surface area contributed by atoms with Gasteiger partial charge in [-0.3, -0.25) is 9.59 Å². The van der Waals surface area contributed by atoms with Gasteiger partial charge in [-0.05, 0) is 45.7 Å². The monoisotopic (exact) mass is 322 g/mol. The summed E-state index contributed by atoms with van der Waals surface area (Å²) in [6.45, 7) is 9.42. The van der Waals surface area contributed by atoms with Gasteiger partial charge in [0, 0.05) is 12.2 Å². The number of nitrogens with one attached hydrogen (secondary N) is 1. The number of rotatable bonds is 6. The third-order valence-electron chi connectivity index (χ3n) is 3.91. The van der Waals surface area contributed by atoms with E-state index >= 15 is 0 Å². The van der Waals surface area contributed by atoms with Gasteiger partial charge in [0.05, 0.1) is 7.11 Å². The number of unbranched alkanes of at least 4 members (excludes halogenated alkanes) is 1. The van der Waals surface area contributed by atoms with Crippen molar-refractivity contribution in [3.63, 3.8) is 0 Å². The minimum atomic E-state index is -1.20. The van der Waals surface area contributed by atoms with Gasteiger partial charge in [0.25, 0.3) is 11.5 Å². The lowest BCUT2D eigenvalue weighted by Gasteiger charge is -2.23. The van der Waals surface area contributed by atoms with E-state index in [-0.39, 0.29) is 11.1 Å². The normalized spacial score (nSPS) is 11.2. The first-order chi connectivity index (χ1) is 10.7. The minimum Gasteiger partial charge on any atom is -0.467 e. The maximum absolute atomic E-state index is 12.6. The second-order valence-corrected chi connectivity index (χ2v) is 6.21. The number of hydrogen-bond donors (Lipinski definition) is 1. The molecule has 1 heterocycles. The molecule has 23 heavy (non-hydrogen) atoms. The van der Waals surface area contributed by atoms with Gasteiger partial charge in [0.15, 0.2) is 0 Å². The SMILES string of the molecule is CCCCn1c(C)c(C)cc(C(=O)NC(C)(C)C(=O)OC)c1=O. The molecule has 0 radical (unpaired) electrons. The fraction of sp³-hybridized carbons (Fsp3) is 0.588. The summed E-state index contributed by atoms with van der Waals surface area (Å²) in [5.74, 6) is -1.14. The molecular weight excluding hydrogens is 296 g/mol. The van der Waals surface area contributed by atoms with Crippen LogP contribution in [0.5, 0.6) is 0 Å². The molecule has 0 aliphatic rings. The van der Waals surface area contributed by atoms with Crippen LogP contribution in [-0.4, -0.2) is 29.1 Å². The van der Waals surface area contributed by atoms with Crippen LogP contribution >= 0.6 is 0 Å². The van der Waals surface area contributed by atoms with Gasteiger partial charge in [-0.1, -0.05) is 13.3 Å². The molecule has 0 aromatic carbocycles. The van der Waals surface area contributed by atoms with E-state index in [0.717, 1.165) is 24.1 Å². The zero-order valence-electron chi connectivity index (χ0n) is 14.8. The molecular formula is C17H26N2O4. The molecule has 1 amide bonds. The fourth-order valence-corrected chi connectivity index (χ4v) is 2.30. The first kappa shape index (κ1) is 18.9. The summed E-state index contributed by atoms with van der Waals surface area (Å²) in [6, 6.07) is 1.57. The molecule has 1 rings (SSSR count). The van der Waals surface area contributed by atoms with Crippen molar-refractivity contribution in [3.8, 4) is 0 Å². The molecule has 128 valence electrons. The maximum Gasteiger partial charge on any atom is 0.330 e. The summed E-state index contributed by atoms with van der Waals surface area (Å²) in [5.41, 5.74) is 0.223. The van der Waals surface area contributed by atoms with Gasteiger partial charge < -0.3 is 14.6 Å². The Hall–Kier alpha value is -2.11. The Bertz CT molecular complexity index is 659. The number of esters is 1. The lowest BCUT2D eigenvalue weighted by Crippen LogP contribution is -2.51. The number of ether oxygens (including phenoxy) is 1. The first-order valence-electron chi connectivity index (χ1n) is 7.77. The summed E-state index contributed by atoms with van der Waals surface area (Å²) in [6.07, 6.45) is 1.82. The summed E-state index contributed by atoms with van der Waals surface area (Å²) in [4.78, 5) is 36.8. The van der Waals surface area contributed by atoms with E-state index in [1.807, 2.05) is 20.8 Å². The number of pyridine rings is 1. The molecule has 0 saturated heterocycles. The van der Waals surface area contributed by atoms with Gasteiger partial charge in [-0.25, -0.2) is 4.79 Å². The molecule has 1 aromatic rings. The van der Waals surface area contributed by atoms with Crippen molar-refractivity contribution in [1.29, 1.82) is 0 Å². The van der Waals surface area contributed by atoms with Crippen molar-refractivity contribution in [2.45, 2.75) is 59.5 Å². The van der Waals surface area contributed by atoms with E-state index in [4.69, 9.17) is 0 Å². The zero-order valence-corrected chi connectivity index (χ0v) is 14.8. The lowest BCUT2D eigenvalue weighted by molar-refractivity contribution is -0.146. The molecule has 0 fully saturated rings. The Morgan fingerprint density at radius 2 is 1.91 bits per heavy atom. The number of nitrogens with zero attached hydrogens (tertiary/aromatic N) is 1. The standard InChI is InChI=1S/C17H26N2O4/c1-7-8-9-19-12(3)11(2)10-13(15(19)21)14(20)18-17(4,5)16(22)23-6/h10H,7-9H2,1-6H3,(H,18,20). The molecule has 0 spiro atoms. The highest BCUT2D eigenvalue weighted by Crippen LogP contribution is 2.10. The van der Waals surface area contributed by atoms with Crippen LogP contribution in [0.3, 0.4) is 0 Å². The van der Waals surface area contributed by atoms with Crippen LogP contribution in [0, 0.1) is 13.8 Å². The Kier molecular flexibility index (Phi) is 6.12. The Morgan fingerprint density at radius 1 is 1.30 bits per heavy atom. The van der Waals surface area contributed by atoms with E-state index in [0.29, 0.717) is 6.54 Å². The molecule has 0 saturated carbocycles. The molecule has 6 nitrogen and oxygen atoms in total. The topological polar surface area (TPSA) is 77.4 Å². The third-order valence-corrected chi connectivity index (χ3v) is 3.91. The van der Waals surface area contributed by atoms with E-state index in [1.54, 1.807) is 10.6 Å². The van der Waals surface area contributed by atoms with Crippen molar-refractivity contribution in [2.75, 3.05) is 7.11 Å². The molecule has 0 atom stereocenters. The van der Waals surface area contributed by atoms with Crippen molar-refractivity contribution < 1.29 is 14.3 Å². The van der Waals surface area contributed by atoms with E-state index in [2.05, 4.69) is 10.1 Å². The summed E-state index contributed by atoms with van der Waals surface area (Å²) in [7, 11) is 1.25.